The van der Waals surface area contributed by atoms with E-state index in [0.717, 1.165) is 55.4 Å². The number of anilines is 1. The Balaban J connectivity index is 1.27. The van der Waals surface area contributed by atoms with E-state index < -0.39 is 0 Å². The molecule has 3 aromatic rings. The van der Waals surface area contributed by atoms with E-state index in [4.69, 9.17) is 34.8 Å². The summed E-state index contributed by atoms with van der Waals surface area (Å²) < 4.78 is 0. The van der Waals surface area contributed by atoms with Crippen molar-refractivity contribution in [3.05, 3.63) is 74.9 Å². The Labute approximate surface area is 203 Å². The Morgan fingerprint density at radius 1 is 1.03 bits per heavy atom. The van der Waals surface area contributed by atoms with E-state index in [-0.39, 0.29) is 5.91 Å². The van der Waals surface area contributed by atoms with Gasteiger partial charge in [-0.2, -0.15) is 0 Å². The van der Waals surface area contributed by atoms with Gasteiger partial charge in [-0.3, -0.25) is 9.69 Å². The highest BCUT2D eigenvalue weighted by Gasteiger charge is 2.20. The molecule has 0 bridgehead atoms. The van der Waals surface area contributed by atoms with Gasteiger partial charge in [0, 0.05) is 55.7 Å². The number of H-pyrrole nitrogens is 1. The van der Waals surface area contributed by atoms with Crippen LogP contribution in [-0.4, -0.2) is 55.1 Å². The maximum absolute atomic E-state index is 12.7. The van der Waals surface area contributed by atoms with Crippen molar-refractivity contribution in [2.75, 3.05) is 44.2 Å². The number of amides is 1. The smallest absolute Gasteiger partial charge is 0.253 e. The Kier molecular flexibility index (Phi) is 7.31. The van der Waals surface area contributed by atoms with Crippen LogP contribution in [-0.2, 0) is 0 Å². The fourth-order valence-electron chi connectivity index (χ4n) is 3.95. The van der Waals surface area contributed by atoms with Crippen LogP contribution in [0, 0.1) is 6.92 Å². The molecule has 1 aliphatic heterocycles. The molecule has 1 fully saturated rings. The van der Waals surface area contributed by atoms with Crippen LogP contribution in [0.3, 0.4) is 0 Å². The quantitative estimate of drug-likeness (QED) is 0.478. The van der Waals surface area contributed by atoms with E-state index in [1.165, 1.54) is 0 Å². The number of piperazine rings is 1. The van der Waals surface area contributed by atoms with Crippen molar-refractivity contribution in [3.63, 3.8) is 0 Å². The number of carbonyl (C=O) groups excluding carboxylic acids is 1. The molecule has 5 nitrogen and oxygen atoms in total. The summed E-state index contributed by atoms with van der Waals surface area (Å²) in [6.45, 7) is 6.86. The van der Waals surface area contributed by atoms with Crippen LogP contribution in [0.4, 0.5) is 5.69 Å². The van der Waals surface area contributed by atoms with Crippen LogP contribution in [0.1, 0.15) is 16.1 Å². The molecule has 168 valence electrons. The van der Waals surface area contributed by atoms with Crippen LogP contribution in [0.15, 0.2) is 48.5 Å². The molecule has 0 saturated carbocycles. The van der Waals surface area contributed by atoms with Crippen molar-refractivity contribution in [1.82, 2.24) is 15.2 Å². The summed E-state index contributed by atoms with van der Waals surface area (Å²) in [7, 11) is 0. The number of halogens is 3. The zero-order chi connectivity index (χ0) is 22.7. The average Bonchev–Trinajstić information content (AvgIpc) is 3.18. The van der Waals surface area contributed by atoms with Crippen molar-refractivity contribution in [3.8, 4) is 11.3 Å². The lowest BCUT2D eigenvalue weighted by molar-refractivity contribution is 0.0947. The largest absolute Gasteiger partial charge is 0.368 e. The lowest BCUT2D eigenvalue weighted by Crippen LogP contribution is -2.48. The third-order valence-electron chi connectivity index (χ3n) is 5.77. The fourth-order valence-corrected chi connectivity index (χ4v) is 4.49. The highest BCUT2D eigenvalue weighted by atomic mass is 35.5. The van der Waals surface area contributed by atoms with Crippen LogP contribution in [0.5, 0.6) is 0 Å². The van der Waals surface area contributed by atoms with Gasteiger partial charge in [0.15, 0.2) is 0 Å². The minimum absolute atomic E-state index is 0.0664. The van der Waals surface area contributed by atoms with Crippen LogP contribution in [0.2, 0.25) is 15.1 Å². The minimum atomic E-state index is -0.0664. The highest BCUT2D eigenvalue weighted by Crippen LogP contribution is 2.32. The molecular weight excluding hydrogens is 467 g/mol. The van der Waals surface area contributed by atoms with Gasteiger partial charge in [-0.1, -0.05) is 53.0 Å². The number of hydrogen-bond acceptors (Lipinski definition) is 3. The Bertz CT molecular complexity index is 1090. The van der Waals surface area contributed by atoms with Gasteiger partial charge in [0.05, 0.1) is 21.3 Å². The molecule has 0 unspecified atom stereocenters. The van der Waals surface area contributed by atoms with E-state index in [2.05, 4.69) is 20.1 Å². The zero-order valence-corrected chi connectivity index (χ0v) is 20.1. The van der Waals surface area contributed by atoms with Gasteiger partial charge in [0.25, 0.3) is 5.91 Å². The number of rotatable bonds is 6. The maximum atomic E-state index is 12.7. The Hall–Kier alpha value is -2.18. The molecule has 8 heteroatoms. The molecule has 2 heterocycles. The summed E-state index contributed by atoms with van der Waals surface area (Å²) in [6.07, 6.45) is 0. The van der Waals surface area contributed by atoms with E-state index in [1.54, 1.807) is 6.07 Å². The molecule has 0 aliphatic carbocycles. The maximum Gasteiger partial charge on any atom is 0.253 e. The summed E-state index contributed by atoms with van der Waals surface area (Å²) in [5.74, 6) is -0.0664. The summed E-state index contributed by atoms with van der Waals surface area (Å²) in [4.78, 5) is 20.6. The SMILES string of the molecule is Cc1[nH]c(-c2ccc(Cl)cc2)cc1C(=O)NCCN1CCN(c2cccc(Cl)c2Cl)CC1. The molecule has 2 aromatic carbocycles. The standard InChI is InChI=1S/C24H25Cl3N4O/c1-16-19(15-21(29-16)17-5-7-18(25)8-6-17)24(32)28-9-10-30-11-13-31(14-12-30)22-4-2-3-20(26)23(22)27/h2-8,15,29H,9-14H2,1H3,(H,28,32). The first-order valence-electron chi connectivity index (χ1n) is 10.6. The number of aromatic nitrogens is 1. The van der Waals surface area contributed by atoms with Crippen molar-refractivity contribution in [2.24, 2.45) is 0 Å². The van der Waals surface area contributed by atoms with Gasteiger partial charge in [-0.25, -0.2) is 0 Å². The summed E-state index contributed by atoms with van der Waals surface area (Å²) >= 11 is 18.5. The van der Waals surface area contributed by atoms with Crippen LogP contribution < -0.4 is 10.2 Å². The summed E-state index contributed by atoms with van der Waals surface area (Å²) in [5.41, 5.74) is 4.38. The molecule has 1 aromatic heterocycles. The van der Waals surface area contributed by atoms with E-state index >= 15 is 0 Å². The molecule has 0 atom stereocenters. The summed E-state index contributed by atoms with van der Waals surface area (Å²) in [5, 5.41) is 4.92. The topological polar surface area (TPSA) is 51.4 Å². The van der Waals surface area contributed by atoms with Gasteiger partial charge in [-0.05, 0) is 42.8 Å². The van der Waals surface area contributed by atoms with Gasteiger partial charge in [0.2, 0.25) is 0 Å². The second-order valence-corrected chi connectivity index (χ2v) is 9.11. The summed E-state index contributed by atoms with van der Waals surface area (Å²) in [6, 6.07) is 15.2. The number of nitrogens with zero attached hydrogens (tertiary/aromatic N) is 2. The van der Waals surface area contributed by atoms with E-state index in [0.29, 0.717) is 27.2 Å². The molecule has 1 saturated heterocycles. The number of carbonyl (C=O) groups is 1. The van der Waals surface area contributed by atoms with Crippen molar-refractivity contribution < 1.29 is 4.79 Å². The number of hydrogen-bond donors (Lipinski definition) is 2. The van der Waals surface area contributed by atoms with Crippen LogP contribution in [0.25, 0.3) is 11.3 Å². The first-order valence-corrected chi connectivity index (χ1v) is 11.7. The second-order valence-electron chi connectivity index (χ2n) is 7.89. The van der Waals surface area contributed by atoms with Gasteiger partial charge in [0.1, 0.15) is 0 Å². The Morgan fingerprint density at radius 3 is 2.47 bits per heavy atom. The molecule has 0 spiro atoms. The molecule has 0 radical (unpaired) electrons. The fraction of sp³-hybridized carbons (Fsp3) is 0.292. The Morgan fingerprint density at radius 2 is 1.75 bits per heavy atom. The van der Waals surface area contributed by atoms with E-state index in [1.807, 2.05) is 49.4 Å². The lowest BCUT2D eigenvalue weighted by atomic mass is 10.1. The zero-order valence-electron chi connectivity index (χ0n) is 17.8. The number of nitrogens with one attached hydrogen (secondary N) is 2. The van der Waals surface area contributed by atoms with Gasteiger partial charge >= 0.3 is 0 Å². The monoisotopic (exact) mass is 490 g/mol. The van der Waals surface area contributed by atoms with E-state index in [9.17, 15) is 4.79 Å². The van der Waals surface area contributed by atoms with Gasteiger partial charge < -0.3 is 15.2 Å². The minimum Gasteiger partial charge on any atom is -0.368 e. The lowest BCUT2D eigenvalue weighted by Gasteiger charge is -2.36. The predicted octanol–water partition coefficient (Wildman–Crippen LogP) is 5.50. The number of benzene rings is 2. The molecular formula is C24H25Cl3N4O. The third kappa shape index (κ3) is 5.24. The number of aryl methyl sites for hydroxylation is 1. The van der Waals surface area contributed by atoms with Crippen molar-refractivity contribution in [1.29, 1.82) is 0 Å². The number of aromatic amines is 1. The third-order valence-corrected chi connectivity index (χ3v) is 6.83. The molecule has 1 amide bonds. The highest BCUT2D eigenvalue weighted by molar-refractivity contribution is 6.43. The molecule has 1 aliphatic rings. The second kappa shape index (κ2) is 10.2. The molecule has 32 heavy (non-hydrogen) atoms. The van der Waals surface area contributed by atoms with Gasteiger partial charge in [-0.15, -0.1) is 0 Å². The van der Waals surface area contributed by atoms with Crippen molar-refractivity contribution in [2.45, 2.75) is 6.92 Å². The molecule has 2 N–H and O–H groups in total. The normalized spacial score (nSPS) is 14.6. The molecule has 4 rings (SSSR count). The predicted molar refractivity (Wildman–Crippen MR) is 133 cm³/mol. The first kappa shape index (κ1) is 23.0. The average molecular weight is 492 g/mol. The first-order chi connectivity index (χ1) is 15.4. The van der Waals surface area contributed by atoms with Crippen LogP contribution >= 0.6 is 34.8 Å². The van der Waals surface area contributed by atoms with Crippen molar-refractivity contribution >= 4 is 46.4 Å².